The molecule has 1 fully saturated rings. The minimum Gasteiger partial charge on any atom is -0.376 e. The second kappa shape index (κ2) is 7.84. The first-order chi connectivity index (χ1) is 8.95. The Morgan fingerprint density at radius 3 is 2.79 bits per heavy atom. The fourth-order valence-corrected chi connectivity index (χ4v) is 2.71. The van der Waals surface area contributed by atoms with Gasteiger partial charge >= 0.3 is 0 Å². The van der Waals surface area contributed by atoms with Crippen molar-refractivity contribution in [1.82, 2.24) is 10.2 Å². The zero-order valence-corrected chi connectivity index (χ0v) is 12.9. The summed E-state index contributed by atoms with van der Waals surface area (Å²) in [5.74, 6) is 0. The Labute approximate surface area is 118 Å². The average molecular weight is 267 g/mol. The molecule has 0 aromatic rings. The monoisotopic (exact) mass is 267 g/mol. The van der Waals surface area contributed by atoms with Gasteiger partial charge in [0.15, 0.2) is 0 Å². The van der Waals surface area contributed by atoms with E-state index >= 15 is 0 Å². The molecule has 1 aliphatic heterocycles. The summed E-state index contributed by atoms with van der Waals surface area (Å²) < 4.78 is 5.54. The zero-order valence-electron chi connectivity index (χ0n) is 12.9. The first-order valence-electron chi connectivity index (χ1n) is 7.48. The molecule has 0 radical (unpaired) electrons. The number of hydrogen-bond acceptors (Lipinski definition) is 4. The van der Waals surface area contributed by atoms with Crippen LogP contribution in [0, 0.1) is 11.3 Å². The van der Waals surface area contributed by atoms with Gasteiger partial charge in [-0.05, 0) is 53.5 Å². The fourth-order valence-electron chi connectivity index (χ4n) is 2.71. The second-order valence-electron chi connectivity index (χ2n) is 6.18. The molecule has 0 aliphatic carbocycles. The van der Waals surface area contributed by atoms with Gasteiger partial charge in [-0.2, -0.15) is 5.26 Å². The molecule has 0 saturated carbocycles. The molecule has 0 bridgehead atoms. The first kappa shape index (κ1) is 16.4. The number of unbranched alkanes of at least 4 members (excludes halogenated alkanes) is 1. The van der Waals surface area contributed by atoms with Crippen LogP contribution in [0.2, 0.25) is 0 Å². The van der Waals surface area contributed by atoms with E-state index in [1.165, 1.54) is 0 Å². The van der Waals surface area contributed by atoms with Crippen LogP contribution >= 0.6 is 0 Å². The molecule has 0 aromatic carbocycles. The summed E-state index contributed by atoms with van der Waals surface area (Å²) in [5, 5.41) is 12.6. The third-order valence-electron chi connectivity index (χ3n) is 3.58. The quantitative estimate of drug-likeness (QED) is 0.718. The van der Waals surface area contributed by atoms with Crippen molar-refractivity contribution in [2.45, 2.75) is 64.6 Å². The van der Waals surface area contributed by atoms with Gasteiger partial charge in [0, 0.05) is 19.1 Å². The molecule has 1 heterocycles. The maximum Gasteiger partial charge on any atom is 0.104 e. The van der Waals surface area contributed by atoms with Gasteiger partial charge in [0.2, 0.25) is 0 Å². The van der Waals surface area contributed by atoms with E-state index in [0.717, 1.165) is 45.5 Å². The van der Waals surface area contributed by atoms with Crippen molar-refractivity contribution >= 4 is 0 Å². The predicted octanol–water partition coefficient (Wildman–Crippen LogP) is 2.16. The van der Waals surface area contributed by atoms with E-state index in [2.05, 4.69) is 37.1 Å². The van der Waals surface area contributed by atoms with E-state index in [1.54, 1.807) is 0 Å². The predicted molar refractivity (Wildman–Crippen MR) is 78.0 cm³/mol. The summed E-state index contributed by atoms with van der Waals surface area (Å²) in [6, 6.07) is 2.76. The Morgan fingerprint density at radius 2 is 2.21 bits per heavy atom. The summed E-state index contributed by atoms with van der Waals surface area (Å²) in [4.78, 5) is 2.47. The van der Waals surface area contributed by atoms with Crippen molar-refractivity contribution in [3.8, 4) is 6.07 Å². The van der Waals surface area contributed by atoms with E-state index in [1.807, 2.05) is 6.92 Å². The van der Waals surface area contributed by atoms with Crippen molar-refractivity contribution in [3.63, 3.8) is 0 Å². The smallest absolute Gasteiger partial charge is 0.104 e. The molecule has 19 heavy (non-hydrogen) atoms. The Morgan fingerprint density at radius 1 is 1.47 bits per heavy atom. The second-order valence-corrected chi connectivity index (χ2v) is 6.18. The molecule has 0 aromatic heterocycles. The van der Waals surface area contributed by atoms with Crippen LogP contribution in [-0.4, -0.2) is 48.8 Å². The normalized spacial score (nSPS) is 24.1. The summed E-state index contributed by atoms with van der Waals surface area (Å²) in [6.07, 6.45) is 3.53. The van der Waals surface area contributed by atoms with Crippen LogP contribution in [0.15, 0.2) is 0 Å². The van der Waals surface area contributed by atoms with Gasteiger partial charge in [0.05, 0.1) is 18.8 Å². The minimum atomic E-state index is -0.382. The highest BCUT2D eigenvalue weighted by molar-refractivity contribution is 5.04. The Balaban J connectivity index is 2.20. The Kier molecular flexibility index (Phi) is 6.78. The van der Waals surface area contributed by atoms with E-state index < -0.39 is 0 Å². The molecule has 4 nitrogen and oxygen atoms in total. The van der Waals surface area contributed by atoms with Crippen LogP contribution in [0.3, 0.4) is 0 Å². The Bertz CT molecular complexity index is 300. The summed E-state index contributed by atoms with van der Waals surface area (Å²) >= 11 is 0. The summed E-state index contributed by atoms with van der Waals surface area (Å²) in [6.45, 7) is 12.4. The standard InChI is InChI=1S/C15H29N3O/c1-13(2)17-15(4,12-16)7-5-6-8-18-9-10-19-14(3)11-18/h13-14,17H,5-11H2,1-4H3. The lowest BCUT2D eigenvalue weighted by molar-refractivity contribution is -0.0187. The molecule has 2 atom stereocenters. The number of nitrogens with zero attached hydrogens (tertiary/aromatic N) is 2. The molecular formula is C15H29N3O. The third-order valence-corrected chi connectivity index (χ3v) is 3.58. The van der Waals surface area contributed by atoms with Gasteiger partial charge < -0.3 is 4.74 Å². The molecule has 0 spiro atoms. The number of rotatable bonds is 7. The van der Waals surface area contributed by atoms with E-state index in [9.17, 15) is 5.26 Å². The third kappa shape index (κ3) is 6.38. The summed E-state index contributed by atoms with van der Waals surface area (Å²) in [5.41, 5.74) is -0.382. The highest BCUT2D eigenvalue weighted by atomic mass is 16.5. The van der Waals surface area contributed by atoms with Crippen molar-refractivity contribution in [2.75, 3.05) is 26.2 Å². The maximum absolute atomic E-state index is 9.28. The Hall–Kier alpha value is -0.630. The topological polar surface area (TPSA) is 48.3 Å². The number of ether oxygens (including phenoxy) is 1. The van der Waals surface area contributed by atoms with Crippen molar-refractivity contribution in [3.05, 3.63) is 0 Å². The number of hydrogen-bond donors (Lipinski definition) is 1. The number of nitriles is 1. The molecular weight excluding hydrogens is 238 g/mol. The number of morpholine rings is 1. The van der Waals surface area contributed by atoms with Crippen molar-refractivity contribution in [2.24, 2.45) is 0 Å². The highest BCUT2D eigenvalue weighted by Gasteiger charge is 2.24. The van der Waals surface area contributed by atoms with Crippen LogP contribution in [0.4, 0.5) is 0 Å². The molecule has 110 valence electrons. The maximum atomic E-state index is 9.28. The first-order valence-corrected chi connectivity index (χ1v) is 7.48. The summed E-state index contributed by atoms with van der Waals surface area (Å²) in [7, 11) is 0. The van der Waals surface area contributed by atoms with Crippen LogP contribution in [-0.2, 0) is 4.74 Å². The largest absolute Gasteiger partial charge is 0.376 e. The van der Waals surface area contributed by atoms with Crippen LogP contribution in [0.5, 0.6) is 0 Å². The van der Waals surface area contributed by atoms with Crippen molar-refractivity contribution in [1.29, 1.82) is 5.26 Å². The lowest BCUT2D eigenvalue weighted by Crippen LogP contribution is -2.45. The fraction of sp³-hybridized carbons (Fsp3) is 0.933. The van der Waals surface area contributed by atoms with Crippen LogP contribution in [0.1, 0.15) is 47.0 Å². The van der Waals surface area contributed by atoms with E-state index in [-0.39, 0.29) is 5.54 Å². The van der Waals surface area contributed by atoms with Gasteiger partial charge in [0.25, 0.3) is 0 Å². The average Bonchev–Trinajstić information content (AvgIpc) is 2.34. The molecule has 1 N–H and O–H groups in total. The van der Waals surface area contributed by atoms with Gasteiger partial charge in [0.1, 0.15) is 5.54 Å². The number of nitrogens with one attached hydrogen (secondary N) is 1. The van der Waals surface area contributed by atoms with Crippen molar-refractivity contribution < 1.29 is 4.74 Å². The highest BCUT2D eigenvalue weighted by Crippen LogP contribution is 2.15. The van der Waals surface area contributed by atoms with Gasteiger partial charge in [-0.1, -0.05) is 0 Å². The molecule has 1 saturated heterocycles. The molecule has 0 amide bonds. The SMILES string of the molecule is CC(C)NC(C)(C#N)CCCCN1CCOC(C)C1. The minimum absolute atomic E-state index is 0.352. The van der Waals surface area contributed by atoms with Gasteiger partial charge in [-0.3, -0.25) is 10.2 Å². The molecule has 2 unspecified atom stereocenters. The molecule has 4 heteroatoms. The lowest BCUT2D eigenvalue weighted by Gasteiger charge is -2.31. The van der Waals surface area contributed by atoms with Crippen LogP contribution < -0.4 is 5.32 Å². The van der Waals surface area contributed by atoms with Gasteiger partial charge in [-0.15, -0.1) is 0 Å². The molecule has 1 rings (SSSR count). The van der Waals surface area contributed by atoms with E-state index in [4.69, 9.17) is 4.74 Å². The molecule has 1 aliphatic rings. The zero-order chi connectivity index (χ0) is 14.3. The van der Waals surface area contributed by atoms with Crippen LogP contribution in [0.25, 0.3) is 0 Å². The lowest BCUT2D eigenvalue weighted by atomic mass is 9.95. The van der Waals surface area contributed by atoms with Gasteiger partial charge in [-0.25, -0.2) is 0 Å². The van der Waals surface area contributed by atoms with E-state index in [0.29, 0.717) is 12.1 Å².